The van der Waals surface area contributed by atoms with Crippen molar-refractivity contribution in [3.05, 3.63) is 24.0 Å². The molecule has 0 spiro atoms. The molecule has 0 aromatic carbocycles. The molecule has 0 amide bonds. The molecule has 1 aliphatic heterocycles. The molecule has 1 aromatic heterocycles. The molecule has 16 heavy (non-hydrogen) atoms. The van der Waals surface area contributed by atoms with Gasteiger partial charge in [-0.15, -0.1) is 0 Å². The number of aromatic nitrogens is 1. The maximum atomic E-state index is 9.39. The highest BCUT2D eigenvalue weighted by molar-refractivity contribution is 5.46. The Balaban J connectivity index is 2.11. The SMILES string of the molecule is CC(O)c1ccc(N2CCC(C)(C)C2)cn1. The van der Waals surface area contributed by atoms with Gasteiger partial charge in [0.25, 0.3) is 0 Å². The van der Waals surface area contributed by atoms with Crippen molar-refractivity contribution in [2.45, 2.75) is 33.3 Å². The van der Waals surface area contributed by atoms with Crippen LogP contribution in [0.15, 0.2) is 18.3 Å². The highest BCUT2D eigenvalue weighted by Gasteiger charge is 2.29. The molecule has 1 aliphatic rings. The van der Waals surface area contributed by atoms with Gasteiger partial charge in [-0.1, -0.05) is 13.8 Å². The minimum absolute atomic E-state index is 0.406. The zero-order valence-corrected chi connectivity index (χ0v) is 10.3. The van der Waals surface area contributed by atoms with E-state index in [1.165, 1.54) is 6.42 Å². The van der Waals surface area contributed by atoms with Gasteiger partial charge in [-0.3, -0.25) is 4.98 Å². The van der Waals surface area contributed by atoms with Crippen LogP contribution in [0.1, 0.15) is 39.0 Å². The average Bonchev–Trinajstić information content (AvgIpc) is 2.59. The average molecular weight is 220 g/mol. The van der Waals surface area contributed by atoms with Crippen LogP contribution in [0.25, 0.3) is 0 Å². The lowest BCUT2D eigenvalue weighted by molar-refractivity contribution is 0.194. The van der Waals surface area contributed by atoms with Crippen LogP contribution in [-0.4, -0.2) is 23.2 Å². The van der Waals surface area contributed by atoms with Crippen LogP contribution in [-0.2, 0) is 0 Å². The Hall–Kier alpha value is -1.09. The van der Waals surface area contributed by atoms with Crippen LogP contribution in [0.3, 0.4) is 0 Å². The second kappa shape index (κ2) is 4.06. The van der Waals surface area contributed by atoms with Crippen LogP contribution < -0.4 is 4.90 Å². The molecule has 0 radical (unpaired) electrons. The molecule has 1 N–H and O–H groups in total. The van der Waals surface area contributed by atoms with Gasteiger partial charge >= 0.3 is 0 Å². The van der Waals surface area contributed by atoms with Gasteiger partial charge in [0.2, 0.25) is 0 Å². The zero-order valence-electron chi connectivity index (χ0n) is 10.3. The first-order valence-electron chi connectivity index (χ1n) is 5.87. The molecule has 3 nitrogen and oxygen atoms in total. The third-order valence-electron chi connectivity index (χ3n) is 3.24. The number of nitrogens with zero attached hydrogens (tertiary/aromatic N) is 2. The summed E-state index contributed by atoms with van der Waals surface area (Å²) in [7, 11) is 0. The fourth-order valence-corrected chi connectivity index (χ4v) is 2.16. The number of aliphatic hydroxyl groups is 1. The van der Waals surface area contributed by atoms with E-state index in [0.717, 1.165) is 24.5 Å². The minimum Gasteiger partial charge on any atom is -0.387 e. The van der Waals surface area contributed by atoms with Gasteiger partial charge in [-0.25, -0.2) is 0 Å². The van der Waals surface area contributed by atoms with Gasteiger partial charge in [-0.2, -0.15) is 0 Å². The molecular weight excluding hydrogens is 200 g/mol. The normalized spacial score (nSPS) is 21.1. The van der Waals surface area contributed by atoms with Crippen molar-refractivity contribution >= 4 is 5.69 Å². The van der Waals surface area contributed by atoms with Crippen LogP contribution in [0, 0.1) is 5.41 Å². The highest BCUT2D eigenvalue weighted by Crippen LogP contribution is 2.32. The number of rotatable bonds is 2. The van der Waals surface area contributed by atoms with E-state index in [4.69, 9.17) is 0 Å². The van der Waals surface area contributed by atoms with Gasteiger partial charge in [0.1, 0.15) is 0 Å². The maximum absolute atomic E-state index is 9.39. The second-order valence-corrected chi connectivity index (χ2v) is 5.45. The van der Waals surface area contributed by atoms with Gasteiger partial charge in [-0.05, 0) is 30.9 Å². The van der Waals surface area contributed by atoms with Crippen molar-refractivity contribution in [2.75, 3.05) is 18.0 Å². The quantitative estimate of drug-likeness (QED) is 0.831. The lowest BCUT2D eigenvalue weighted by atomic mass is 9.93. The van der Waals surface area contributed by atoms with Crippen LogP contribution in [0.2, 0.25) is 0 Å². The van der Waals surface area contributed by atoms with Crippen LogP contribution in [0.4, 0.5) is 5.69 Å². The summed E-state index contributed by atoms with van der Waals surface area (Å²) >= 11 is 0. The largest absolute Gasteiger partial charge is 0.387 e. The molecule has 1 atom stereocenters. The maximum Gasteiger partial charge on any atom is 0.0931 e. The number of hydrogen-bond acceptors (Lipinski definition) is 3. The predicted octanol–water partition coefficient (Wildman–Crippen LogP) is 2.37. The van der Waals surface area contributed by atoms with Gasteiger partial charge in [0, 0.05) is 13.1 Å². The van der Waals surface area contributed by atoms with Crippen LogP contribution in [0.5, 0.6) is 0 Å². The summed E-state index contributed by atoms with van der Waals surface area (Å²) in [6, 6.07) is 3.96. The Morgan fingerprint density at radius 2 is 2.19 bits per heavy atom. The molecule has 1 unspecified atom stereocenters. The van der Waals surface area contributed by atoms with Crippen molar-refractivity contribution in [2.24, 2.45) is 5.41 Å². The lowest BCUT2D eigenvalue weighted by Crippen LogP contribution is -2.22. The molecule has 1 saturated heterocycles. The summed E-state index contributed by atoms with van der Waals surface area (Å²) in [5.41, 5.74) is 2.31. The summed E-state index contributed by atoms with van der Waals surface area (Å²) in [6.45, 7) is 8.52. The molecule has 88 valence electrons. The smallest absolute Gasteiger partial charge is 0.0931 e. The minimum atomic E-state index is -0.482. The van der Waals surface area contributed by atoms with Crippen molar-refractivity contribution in [1.82, 2.24) is 4.98 Å². The van der Waals surface area contributed by atoms with Gasteiger partial charge in [0.15, 0.2) is 0 Å². The second-order valence-electron chi connectivity index (χ2n) is 5.45. The lowest BCUT2D eigenvalue weighted by Gasteiger charge is -2.21. The third kappa shape index (κ3) is 2.35. The standard InChI is InChI=1S/C13H20N2O/c1-10(16)12-5-4-11(8-14-12)15-7-6-13(2,3)9-15/h4-5,8,10,16H,6-7,9H2,1-3H3. The Bertz CT molecular complexity index is 357. The van der Waals surface area contributed by atoms with E-state index >= 15 is 0 Å². The zero-order chi connectivity index (χ0) is 11.8. The van der Waals surface area contributed by atoms with E-state index in [1.807, 2.05) is 12.3 Å². The molecule has 0 bridgehead atoms. The molecule has 1 aromatic rings. The van der Waals surface area contributed by atoms with E-state index in [-0.39, 0.29) is 0 Å². The summed E-state index contributed by atoms with van der Waals surface area (Å²) in [4.78, 5) is 6.64. The first-order valence-corrected chi connectivity index (χ1v) is 5.87. The number of aliphatic hydroxyl groups excluding tert-OH is 1. The van der Waals surface area contributed by atoms with Crippen molar-refractivity contribution in [3.8, 4) is 0 Å². The number of hydrogen-bond donors (Lipinski definition) is 1. The van der Waals surface area contributed by atoms with Crippen molar-refractivity contribution < 1.29 is 5.11 Å². The molecule has 2 heterocycles. The van der Waals surface area contributed by atoms with E-state index in [9.17, 15) is 5.11 Å². The summed E-state index contributed by atoms with van der Waals surface area (Å²) in [5, 5.41) is 9.39. The monoisotopic (exact) mass is 220 g/mol. The van der Waals surface area contributed by atoms with Crippen molar-refractivity contribution in [1.29, 1.82) is 0 Å². The topological polar surface area (TPSA) is 36.4 Å². The van der Waals surface area contributed by atoms with E-state index in [1.54, 1.807) is 6.92 Å². The fourth-order valence-electron chi connectivity index (χ4n) is 2.16. The highest BCUT2D eigenvalue weighted by atomic mass is 16.3. The Morgan fingerprint density at radius 3 is 2.62 bits per heavy atom. The predicted molar refractivity (Wildman–Crippen MR) is 65.5 cm³/mol. The summed E-state index contributed by atoms with van der Waals surface area (Å²) < 4.78 is 0. The molecule has 3 heteroatoms. The Labute approximate surface area is 97.1 Å². The van der Waals surface area contributed by atoms with Crippen LogP contribution >= 0.6 is 0 Å². The van der Waals surface area contributed by atoms with Gasteiger partial charge in [0.05, 0.1) is 23.7 Å². The Morgan fingerprint density at radius 1 is 1.44 bits per heavy atom. The molecule has 0 aliphatic carbocycles. The number of pyridine rings is 1. The van der Waals surface area contributed by atoms with E-state index < -0.39 is 6.10 Å². The molecule has 0 saturated carbocycles. The first-order chi connectivity index (χ1) is 7.48. The van der Waals surface area contributed by atoms with E-state index in [0.29, 0.717) is 5.41 Å². The summed E-state index contributed by atoms with van der Waals surface area (Å²) in [6.07, 6.45) is 2.61. The first kappa shape index (κ1) is 11.4. The molecular formula is C13H20N2O. The van der Waals surface area contributed by atoms with E-state index in [2.05, 4.69) is 29.8 Å². The van der Waals surface area contributed by atoms with Crippen molar-refractivity contribution in [3.63, 3.8) is 0 Å². The fraction of sp³-hybridized carbons (Fsp3) is 0.615. The number of anilines is 1. The molecule has 2 rings (SSSR count). The third-order valence-corrected chi connectivity index (χ3v) is 3.24. The van der Waals surface area contributed by atoms with Gasteiger partial charge < -0.3 is 10.0 Å². The molecule has 1 fully saturated rings. The summed E-state index contributed by atoms with van der Waals surface area (Å²) in [5.74, 6) is 0. The Kier molecular flexibility index (Phi) is 2.89.